The Morgan fingerprint density at radius 2 is 2.29 bits per heavy atom. The van der Waals surface area contributed by atoms with Crippen molar-refractivity contribution < 1.29 is 13.2 Å². The minimum absolute atomic E-state index is 0.0499. The summed E-state index contributed by atoms with van der Waals surface area (Å²) in [6.07, 6.45) is 0.635. The van der Waals surface area contributed by atoms with Gasteiger partial charge in [-0.1, -0.05) is 0 Å². The number of aromatic nitrogens is 2. The van der Waals surface area contributed by atoms with Crippen molar-refractivity contribution in [2.24, 2.45) is 7.05 Å². The summed E-state index contributed by atoms with van der Waals surface area (Å²) in [4.78, 5) is 0. The van der Waals surface area contributed by atoms with Gasteiger partial charge >= 0.3 is 0 Å². The third kappa shape index (κ3) is 1.53. The first-order valence-corrected chi connectivity index (χ1v) is 6.38. The molecule has 0 bridgehead atoms. The van der Waals surface area contributed by atoms with Crippen molar-refractivity contribution in [1.82, 2.24) is 9.78 Å². The summed E-state index contributed by atoms with van der Waals surface area (Å²) in [5.74, 6) is 0. The van der Waals surface area contributed by atoms with Gasteiger partial charge in [0.2, 0.25) is 0 Å². The molecule has 0 spiro atoms. The van der Waals surface area contributed by atoms with E-state index in [0.717, 1.165) is 5.69 Å². The molecule has 0 amide bonds. The molecule has 1 aromatic heterocycles. The maximum absolute atomic E-state index is 11.2. The second-order valence-corrected chi connectivity index (χ2v) is 5.58. The van der Waals surface area contributed by atoms with Crippen LogP contribution in [0.15, 0.2) is 5.03 Å². The van der Waals surface area contributed by atoms with Crippen LogP contribution in [-0.2, 0) is 33.9 Å². The van der Waals surface area contributed by atoms with Crippen molar-refractivity contribution in [3.8, 4) is 0 Å². The van der Waals surface area contributed by atoms with Crippen molar-refractivity contribution in [3.63, 3.8) is 0 Å². The minimum Gasteiger partial charge on any atom is -0.376 e. The molecule has 0 saturated carbocycles. The Balaban J connectivity index is 2.65. The van der Waals surface area contributed by atoms with Crippen LogP contribution in [0.25, 0.3) is 0 Å². The monoisotopic (exact) mass is 236 g/mol. The zero-order valence-electron chi connectivity index (χ0n) is 7.53. The molecular formula is C7H9ClN2O3S. The van der Waals surface area contributed by atoms with Crippen molar-refractivity contribution >= 4 is 19.7 Å². The summed E-state index contributed by atoms with van der Waals surface area (Å²) in [5.41, 5.74) is 1.35. The average Bonchev–Trinajstić information content (AvgIpc) is 2.38. The molecular weight excluding hydrogens is 228 g/mol. The summed E-state index contributed by atoms with van der Waals surface area (Å²) >= 11 is 0. The van der Waals surface area contributed by atoms with Crippen molar-refractivity contribution in [2.75, 3.05) is 6.61 Å². The van der Waals surface area contributed by atoms with E-state index in [2.05, 4.69) is 5.10 Å². The van der Waals surface area contributed by atoms with Crippen LogP contribution in [0.5, 0.6) is 0 Å². The first kappa shape index (κ1) is 9.95. The van der Waals surface area contributed by atoms with Gasteiger partial charge in [0, 0.05) is 29.7 Å². The van der Waals surface area contributed by atoms with E-state index >= 15 is 0 Å². The van der Waals surface area contributed by atoms with E-state index in [1.807, 2.05) is 0 Å². The number of aryl methyl sites for hydroxylation is 1. The van der Waals surface area contributed by atoms with E-state index in [1.165, 1.54) is 4.68 Å². The molecule has 1 aliphatic heterocycles. The highest BCUT2D eigenvalue weighted by molar-refractivity contribution is 8.13. The van der Waals surface area contributed by atoms with Crippen LogP contribution in [-0.4, -0.2) is 24.8 Å². The van der Waals surface area contributed by atoms with E-state index in [4.69, 9.17) is 15.4 Å². The SMILES string of the molecule is Cn1nc2c(c1S(=O)(=O)Cl)COCC2. The molecule has 0 unspecified atom stereocenters. The first-order chi connectivity index (χ1) is 6.50. The molecule has 78 valence electrons. The van der Waals surface area contributed by atoms with Crippen molar-refractivity contribution in [2.45, 2.75) is 18.1 Å². The van der Waals surface area contributed by atoms with E-state index in [9.17, 15) is 8.42 Å². The van der Waals surface area contributed by atoms with Gasteiger partial charge < -0.3 is 4.74 Å². The molecule has 0 fully saturated rings. The highest BCUT2D eigenvalue weighted by Crippen LogP contribution is 2.26. The number of nitrogens with zero attached hydrogens (tertiary/aromatic N) is 2. The van der Waals surface area contributed by atoms with E-state index in [1.54, 1.807) is 7.05 Å². The van der Waals surface area contributed by atoms with E-state index in [-0.39, 0.29) is 11.6 Å². The van der Waals surface area contributed by atoms with Crippen LogP contribution in [0.1, 0.15) is 11.3 Å². The topological polar surface area (TPSA) is 61.2 Å². The Morgan fingerprint density at radius 3 is 2.93 bits per heavy atom. The minimum atomic E-state index is -3.74. The van der Waals surface area contributed by atoms with Crippen LogP contribution in [0.4, 0.5) is 0 Å². The van der Waals surface area contributed by atoms with Gasteiger partial charge in [0.15, 0.2) is 5.03 Å². The van der Waals surface area contributed by atoms with Gasteiger partial charge in [-0.25, -0.2) is 8.42 Å². The Labute approximate surface area is 86.0 Å². The summed E-state index contributed by atoms with van der Waals surface area (Å²) < 4.78 is 28.9. The lowest BCUT2D eigenvalue weighted by atomic mass is 10.2. The van der Waals surface area contributed by atoms with Gasteiger partial charge in [0.25, 0.3) is 9.05 Å². The fourth-order valence-electron chi connectivity index (χ4n) is 1.60. The Morgan fingerprint density at radius 1 is 1.57 bits per heavy atom. The summed E-state index contributed by atoms with van der Waals surface area (Å²) in [7, 11) is 3.12. The molecule has 0 aliphatic carbocycles. The van der Waals surface area contributed by atoms with Crippen molar-refractivity contribution in [1.29, 1.82) is 0 Å². The van der Waals surface area contributed by atoms with Gasteiger partial charge in [0.1, 0.15) is 0 Å². The average molecular weight is 237 g/mol. The summed E-state index contributed by atoms with van der Waals surface area (Å²) in [5, 5.41) is 4.14. The molecule has 0 N–H and O–H groups in total. The number of halogens is 1. The molecule has 7 heteroatoms. The van der Waals surface area contributed by atoms with Gasteiger partial charge in [-0.05, 0) is 0 Å². The molecule has 0 saturated heterocycles. The number of rotatable bonds is 1. The Hall–Kier alpha value is -0.590. The molecule has 14 heavy (non-hydrogen) atoms. The lowest BCUT2D eigenvalue weighted by Crippen LogP contribution is -2.10. The lowest BCUT2D eigenvalue weighted by Gasteiger charge is -2.10. The largest absolute Gasteiger partial charge is 0.376 e. The second kappa shape index (κ2) is 3.22. The summed E-state index contributed by atoms with van der Waals surface area (Å²) in [6.45, 7) is 0.843. The molecule has 1 aliphatic rings. The quantitative estimate of drug-likeness (QED) is 0.663. The van der Waals surface area contributed by atoms with Crippen LogP contribution in [0.2, 0.25) is 0 Å². The van der Waals surface area contributed by atoms with E-state index < -0.39 is 9.05 Å². The highest BCUT2D eigenvalue weighted by Gasteiger charge is 2.27. The lowest BCUT2D eigenvalue weighted by molar-refractivity contribution is 0.108. The molecule has 0 radical (unpaired) electrons. The number of hydrogen-bond acceptors (Lipinski definition) is 4. The first-order valence-electron chi connectivity index (χ1n) is 4.07. The number of fused-ring (bicyclic) bond motifs is 1. The second-order valence-electron chi connectivity index (χ2n) is 3.09. The zero-order chi connectivity index (χ0) is 10.3. The molecule has 2 rings (SSSR count). The van der Waals surface area contributed by atoms with Gasteiger partial charge in [-0.15, -0.1) is 0 Å². The fourth-order valence-corrected chi connectivity index (χ4v) is 3.01. The molecule has 0 aromatic carbocycles. The molecule has 0 atom stereocenters. The maximum atomic E-state index is 11.2. The van der Waals surface area contributed by atoms with Gasteiger partial charge in [-0.2, -0.15) is 5.10 Å². The van der Waals surface area contributed by atoms with Crippen LogP contribution >= 0.6 is 10.7 Å². The standard InChI is InChI=1S/C7H9ClN2O3S/c1-10-7(14(8,11)12)5-4-13-3-2-6(5)9-10/h2-4H2,1H3. The third-order valence-electron chi connectivity index (χ3n) is 2.13. The molecule has 5 nitrogen and oxygen atoms in total. The van der Waals surface area contributed by atoms with Crippen LogP contribution in [0.3, 0.4) is 0 Å². The van der Waals surface area contributed by atoms with Crippen molar-refractivity contribution in [3.05, 3.63) is 11.3 Å². The predicted octanol–water partition coefficient (Wildman–Crippen LogP) is 0.420. The normalized spacial score (nSPS) is 16.7. The fraction of sp³-hybridized carbons (Fsp3) is 0.571. The molecule has 1 aromatic rings. The Bertz CT molecular complexity index is 466. The van der Waals surface area contributed by atoms with E-state index in [0.29, 0.717) is 18.6 Å². The number of hydrogen-bond donors (Lipinski definition) is 0. The number of ether oxygens (including phenoxy) is 1. The van der Waals surface area contributed by atoms with Crippen LogP contribution in [0, 0.1) is 0 Å². The third-order valence-corrected chi connectivity index (χ3v) is 3.54. The predicted molar refractivity (Wildman–Crippen MR) is 49.6 cm³/mol. The molecule has 2 heterocycles. The van der Waals surface area contributed by atoms with Gasteiger partial charge in [-0.3, -0.25) is 4.68 Å². The van der Waals surface area contributed by atoms with Gasteiger partial charge in [0.05, 0.1) is 18.9 Å². The maximum Gasteiger partial charge on any atom is 0.278 e. The summed E-state index contributed by atoms with van der Waals surface area (Å²) in [6, 6.07) is 0. The Kier molecular flexibility index (Phi) is 2.29. The highest BCUT2D eigenvalue weighted by atomic mass is 35.7. The van der Waals surface area contributed by atoms with Crippen LogP contribution < -0.4 is 0 Å². The zero-order valence-corrected chi connectivity index (χ0v) is 9.10. The smallest absolute Gasteiger partial charge is 0.278 e.